The number of hydrogen-bond donors (Lipinski definition) is 1. The molecule has 0 aliphatic carbocycles. The zero-order valence-electron chi connectivity index (χ0n) is 5.38. The Labute approximate surface area is 57.1 Å². The molecule has 1 rings (SSSR count). The molecule has 5 nitrogen and oxygen atoms in total. The summed E-state index contributed by atoms with van der Waals surface area (Å²) >= 11 is 0. The fourth-order valence-corrected chi connectivity index (χ4v) is 0.536. The second kappa shape index (κ2) is 2.47. The lowest BCUT2D eigenvalue weighted by Crippen LogP contribution is -2.27. The smallest absolute Gasteiger partial charge is 0.310 e. The highest BCUT2D eigenvalue weighted by Crippen LogP contribution is 1.88. The normalized spacial score (nSPS) is 16.1. The Bertz CT molecular complexity index is 209. The van der Waals surface area contributed by atoms with Gasteiger partial charge in [-0.05, 0) is 0 Å². The molecule has 0 radical (unpaired) electrons. The Morgan fingerprint density at radius 2 is 2.50 bits per heavy atom. The summed E-state index contributed by atoms with van der Waals surface area (Å²) in [5.41, 5.74) is 0. The molecule has 0 saturated carbocycles. The van der Waals surface area contributed by atoms with Gasteiger partial charge >= 0.3 is 5.97 Å². The molecule has 5 heteroatoms. The number of rotatable bonds is 0. The van der Waals surface area contributed by atoms with Gasteiger partial charge in [0.15, 0.2) is 0 Å². The van der Waals surface area contributed by atoms with Crippen LogP contribution in [0.4, 0.5) is 0 Å². The maximum Gasteiger partial charge on any atom is 0.310 e. The summed E-state index contributed by atoms with van der Waals surface area (Å²) in [7, 11) is 0. The summed E-state index contributed by atoms with van der Waals surface area (Å²) in [6.45, 7) is 1.29. The summed E-state index contributed by atoms with van der Waals surface area (Å²) in [5.74, 6) is -0.739. The van der Waals surface area contributed by atoms with E-state index in [1.165, 1.54) is 6.92 Å². The quantitative estimate of drug-likeness (QED) is 0.443. The topological polar surface area (TPSA) is 67.8 Å². The number of amides is 1. The van der Waals surface area contributed by atoms with Crippen molar-refractivity contribution in [2.24, 2.45) is 4.99 Å². The number of carbonyl (C=O) groups excluding carboxylic acids is 2. The molecule has 0 atom stereocenters. The van der Waals surface area contributed by atoms with E-state index < -0.39 is 5.97 Å². The standard InChI is InChI=1S/C5H6N2O3/c1-3(8)10-5-6-2-4(9)7-5/h2H2,1H3,(H,6,7,9). The monoisotopic (exact) mass is 142 g/mol. The Hall–Kier alpha value is -1.39. The van der Waals surface area contributed by atoms with Crippen LogP contribution in [0.25, 0.3) is 0 Å². The van der Waals surface area contributed by atoms with Gasteiger partial charge in [-0.15, -0.1) is 0 Å². The molecule has 1 heterocycles. The lowest BCUT2D eigenvalue weighted by atomic mass is 10.7. The highest BCUT2D eigenvalue weighted by atomic mass is 16.6. The highest BCUT2D eigenvalue weighted by molar-refractivity contribution is 6.03. The van der Waals surface area contributed by atoms with Crippen molar-refractivity contribution in [1.29, 1.82) is 0 Å². The van der Waals surface area contributed by atoms with Crippen LogP contribution in [0.2, 0.25) is 0 Å². The molecule has 54 valence electrons. The second-order valence-electron chi connectivity index (χ2n) is 1.76. The summed E-state index contributed by atoms with van der Waals surface area (Å²) in [6, 6.07) is -0.00231. The number of nitrogens with one attached hydrogen (secondary N) is 1. The Morgan fingerprint density at radius 1 is 1.80 bits per heavy atom. The van der Waals surface area contributed by atoms with E-state index in [-0.39, 0.29) is 18.5 Å². The maximum atomic E-state index is 10.4. The third-order valence-corrected chi connectivity index (χ3v) is 0.853. The minimum Gasteiger partial charge on any atom is -0.393 e. The van der Waals surface area contributed by atoms with Gasteiger partial charge in [0.05, 0.1) is 0 Å². The average molecular weight is 142 g/mol. The number of carbonyl (C=O) groups is 2. The molecule has 1 N–H and O–H groups in total. The molecule has 0 saturated heterocycles. The van der Waals surface area contributed by atoms with Gasteiger partial charge in [-0.1, -0.05) is 0 Å². The van der Waals surface area contributed by atoms with Crippen LogP contribution < -0.4 is 5.32 Å². The van der Waals surface area contributed by atoms with Crippen molar-refractivity contribution >= 4 is 17.9 Å². The van der Waals surface area contributed by atoms with E-state index >= 15 is 0 Å². The van der Waals surface area contributed by atoms with Gasteiger partial charge < -0.3 is 4.74 Å². The molecule has 0 aromatic rings. The van der Waals surface area contributed by atoms with E-state index in [1.807, 2.05) is 0 Å². The van der Waals surface area contributed by atoms with Gasteiger partial charge in [0.25, 0.3) is 6.02 Å². The molecule has 0 aromatic heterocycles. The van der Waals surface area contributed by atoms with Crippen molar-refractivity contribution in [3.05, 3.63) is 0 Å². The van der Waals surface area contributed by atoms with Gasteiger partial charge in [0.2, 0.25) is 5.91 Å². The minimum atomic E-state index is -0.485. The summed E-state index contributed by atoms with van der Waals surface area (Å²) in [4.78, 5) is 24.2. The van der Waals surface area contributed by atoms with Gasteiger partial charge in [-0.25, -0.2) is 4.99 Å². The molecular weight excluding hydrogens is 136 g/mol. The molecule has 0 fully saturated rings. The molecule has 0 aromatic carbocycles. The molecule has 0 bridgehead atoms. The average Bonchev–Trinajstić information content (AvgIpc) is 2.13. The third-order valence-electron chi connectivity index (χ3n) is 0.853. The summed E-state index contributed by atoms with van der Waals surface area (Å²) in [5, 5.41) is 2.25. The molecule has 1 aliphatic heterocycles. The third kappa shape index (κ3) is 1.54. The van der Waals surface area contributed by atoms with E-state index in [4.69, 9.17) is 0 Å². The Kier molecular flexibility index (Phi) is 1.66. The van der Waals surface area contributed by atoms with Crippen LogP contribution in [-0.2, 0) is 14.3 Å². The van der Waals surface area contributed by atoms with Crippen molar-refractivity contribution in [1.82, 2.24) is 5.32 Å². The van der Waals surface area contributed by atoms with Crippen LogP contribution in [0.3, 0.4) is 0 Å². The Balaban J connectivity index is 2.44. The number of hydrogen-bond acceptors (Lipinski definition) is 4. The number of esters is 1. The number of aliphatic imine (C=N–C) groups is 1. The fraction of sp³-hybridized carbons (Fsp3) is 0.400. The predicted molar refractivity (Wildman–Crippen MR) is 32.2 cm³/mol. The fourth-order valence-electron chi connectivity index (χ4n) is 0.536. The first-order valence-electron chi connectivity index (χ1n) is 2.71. The first kappa shape index (κ1) is 6.73. The van der Waals surface area contributed by atoms with Gasteiger partial charge in [0.1, 0.15) is 6.54 Å². The van der Waals surface area contributed by atoms with Crippen molar-refractivity contribution in [3.63, 3.8) is 0 Å². The number of ether oxygens (including phenoxy) is 1. The molecule has 0 spiro atoms. The molecule has 10 heavy (non-hydrogen) atoms. The van der Waals surface area contributed by atoms with Gasteiger partial charge in [0, 0.05) is 6.92 Å². The second-order valence-corrected chi connectivity index (χ2v) is 1.76. The maximum absolute atomic E-state index is 10.4. The van der Waals surface area contributed by atoms with Gasteiger partial charge in [-0.2, -0.15) is 0 Å². The van der Waals surface area contributed by atoms with Crippen molar-refractivity contribution in [2.75, 3.05) is 6.54 Å². The van der Waals surface area contributed by atoms with Crippen molar-refractivity contribution < 1.29 is 14.3 Å². The van der Waals surface area contributed by atoms with Crippen LogP contribution >= 0.6 is 0 Å². The van der Waals surface area contributed by atoms with Crippen LogP contribution in [-0.4, -0.2) is 24.4 Å². The molecule has 0 unspecified atom stereocenters. The Morgan fingerprint density at radius 3 is 2.90 bits per heavy atom. The van der Waals surface area contributed by atoms with Gasteiger partial charge in [-0.3, -0.25) is 14.9 Å². The molecular formula is C5H6N2O3. The molecule has 1 amide bonds. The van der Waals surface area contributed by atoms with Crippen LogP contribution in [0, 0.1) is 0 Å². The number of nitrogens with zero attached hydrogens (tertiary/aromatic N) is 1. The van der Waals surface area contributed by atoms with E-state index in [2.05, 4.69) is 15.0 Å². The predicted octanol–water partition coefficient (Wildman–Crippen LogP) is -0.965. The minimum absolute atomic E-state index is 0.00231. The van der Waals surface area contributed by atoms with Crippen LogP contribution in [0.5, 0.6) is 0 Å². The summed E-state index contributed by atoms with van der Waals surface area (Å²) < 4.78 is 4.46. The molecule has 1 aliphatic rings. The van der Waals surface area contributed by atoms with Crippen LogP contribution in [0.15, 0.2) is 4.99 Å². The lowest BCUT2D eigenvalue weighted by molar-refractivity contribution is -0.133. The van der Waals surface area contributed by atoms with Crippen molar-refractivity contribution in [2.45, 2.75) is 6.92 Å². The van der Waals surface area contributed by atoms with E-state index in [0.29, 0.717) is 0 Å². The number of amidine groups is 1. The highest BCUT2D eigenvalue weighted by Gasteiger charge is 2.15. The van der Waals surface area contributed by atoms with E-state index in [9.17, 15) is 9.59 Å². The first-order chi connectivity index (χ1) is 4.68. The largest absolute Gasteiger partial charge is 0.393 e. The van der Waals surface area contributed by atoms with Crippen molar-refractivity contribution in [3.8, 4) is 0 Å². The van der Waals surface area contributed by atoms with E-state index in [0.717, 1.165) is 0 Å². The lowest BCUT2D eigenvalue weighted by Gasteiger charge is -1.96. The van der Waals surface area contributed by atoms with Crippen LogP contribution in [0.1, 0.15) is 6.92 Å². The zero-order valence-corrected chi connectivity index (χ0v) is 5.38. The first-order valence-corrected chi connectivity index (χ1v) is 2.71. The SMILES string of the molecule is CC(=O)OC1=NCC(=O)N1. The zero-order chi connectivity index (χ0) is 7.56. The summed E-state index contributed by atoms with van der Waals surface area (Å²) in [6.07, 6.45) is 0. The van der Waals surface area contributed by atoms with E-state index in [1.54, 1.807) is 0 Å².